The van der Waals surface area contributed by atoms with Crippen molar-refractivity contribution < 1.29 is 4.74 Å². The highest BCUT2D eigenvalue weighted by atomic mass is 16.5. The first-order chi connectivity index (χ1) is 8.92. The first-order valence-corrected chi connectivity index (χ1v) is 7.08. The molecule has 3 nitrogen and oxygen atoms in total. The smallest absolute Gasteiger partial charge is 0.123 e. The number of benzene rings is 1. The first kappa shape index (κ1) is 16.0. The molecular formula is C16H28N2O. The topological polar surface area (TPSA) is 61.3 Å². The van der Waals surface area contributed by atoms with Gasteiger partial charge in [-0.05, 0) is 55.0 Å². The molecule has 108 valence electrons. The van der Waals surface area contributed by atoms with Crippen molar-refractivity contribution in [3.63, 3.8) is 0 Å². The van der Waals surface area contributed by atoms with Crippen molar-refractivity contribution in [1.82, 2.24) is 0 Å². The lowest BCUT2D eigenvalue weighted by atomic mass is 9.84. The molecule has 0 aliphatic rings. The summed E-state index contributed by atoms with van der Waals surface area (Å²) in [6.45, 7) is 10.6. The van der Waals surface area contributed by atoms with Gasteiger partial charge in [-0.2, -0.15) is 0 Å². The van der Waals surface area contributed by atoms with Crippen LogP contribution in [0.15, 0.2) is 18.2 Å². The van der Waals surface area contributed by atoms with Gasteiger partial charge in [0.2, 0.25) is 0 Å². The Kier molecular flexibility index (Phi) is 5.83. The molecule has 0 unspecified atom stereocenters. The zero-order chi connectivity index (χ0) is 14.5. The minimum atomic E-state index is 0.0709. The van der Waals surface area contributed by atoms with Crippen LogP contribution in [0.1, 0.15) is 38.8 Å². The summed E-state index contributed by atoms with van der Waals surface area (Å²) in [5.41, 5.74) is 14.1. The van der Waals surface area contributed by atoms with E-state index in [1.807, 2.05) is 6.92 Å². The number of hydrogen-bond acceptors (Lipinski definition) is 3. The highest BCUT2D eigenvalue weighted by Gasteiger charge is 2.20. The maximum atomic E-state index is 5.73. The Morgan fingerprint density at radius 1 is 1.16 bits per heavy atom. The van der Waals surface area contributed by atoms with Crippen LogP contribution in [0, 0.1) is 5.92 Å². The fraction of sp³-hybridized carbons (Fsp3) is 0.625. The minimum Gasteiger partial charge on any atom is -0.494 e. The van der Waals surface area contributed by atoms with Crippen molar-refractivity contribution in [2.75, 3.05) is 19.7 Å². The van der Waals surface area contributed by atoms with Crippen LogP contribution in [0.3, 0.4) is 0 Å². The van der Waals surface area contributed by atoms with Gasteiger partial charge in [-0.15, -0.1) is 0 Å². The molecule has 4 N–H and O–H groups in total. The molecule has 19 heavy (non-hydrogen) atoms. The lowest BCUT2D eigenvalue weighted by Crippen LogP contribution is -2.25. The van der Waals surface area contributed by atoms with Gasteiger partial charge in [-0.1, -0.05) is 32.9 Å². The third-order valence-electron chi connectivity index (χ3n) is 3.34. The van der Waals surface area contributed by atoms with Gasteiger partial charge >= 0.3 is 0 Å². The monoisotopic (exact) mass is 264 g/mol. The summed E-state index contributed by atoms with van der Waals surface area (Å²) in [7, 11) is 0. The predicted octanol–water partition coefficient (Wildman–Crippen LogP) is 2.46. The highest BCUT2D eigenvalue weighted by molar-refractivity contribution is 5.41. The molecule has 0 heterocycles. The first-order valence-electron chi connectivity index (χ1n) is 7.08. The molecule has 0 aliphatic carbocycles. The molecule has 3 heteroatoms. The van der Waals surface area contributed by atoms with Crippen molar-refractivity contribution >= 4 is 0 Å². The van der Waals surface area contributed by atoms with Crippen LogP contribution in [0.25, 0.3) is 0 Å². The highest BCUT2D eigenvalue weighted by Crippen LogP contribution is 2.32. The third kappa shape index (κ3) is 4.51. The zero-order valence-electron chi connectivity index (χ0n) is 12.7. The van der Waals surface area contributed by atoms with E-state index < -0.39 is 0 Å². The van der Waals surface area contributed by atoms with Gasteiger partial charge in [-0.3, -0.25) is 0 Å². The normalized spacial score (nSPS) is 11.9. The number of rotatable bonds is 6. The van der Waals surface area contributed by atoms with E-state index in [1.54, 1.807) is 0 Å². The van der Waals surface area contributed by atoms with E-state index in [1.165, 1.54) is 11.1 Å². The minimum absolute atomic E-state index is 0.0709. The summed E-state index contributed by atoms with van der Waals surface area (Å²) in [5, 5.41) is 0. The summed E-state index contributed by atoms with van der Waals surface area (Å²) in [6, 6.07) is 6.44. The van der Waals surface area contributed by atoms with Gasteiger partial charge in [0, 0.05) is 0 Å². The van der Waals surface area contributed by atoms with E-state index in [9.17, 15) is 0 Å². The lowest BCUT2D eigenvalue weighted by Gasteiger charge is -2.24. The Hall–Kier alpha value is -1.06. The van der Waals surface area contributed by atoms with Crippen LogP contribution in [0.2, 0.25) is 0 Å². The Bertz CT molecular complexity index is 392. The Balaban J connectivity index is 3.04. The molecule has 0 saturated heterocycles. The fourth-order valence-electron chi connectivity index (χ4n) is 2.17. The number of hydrogen-bond donors (Lipinski definition) is 2. The van der Waals surface area contributed by atoms with Gasteiger partial charge in [0.25, 0.3) is 0 Å². The van der Waals surface area contributed by atoms with Crippen LogP contribution in [0.5, 0.6) is 5.75 Å². The van der Waals surface area contributed by atoms with Crippen molar-refractivity contribution in [1.29, 1.82) is 0 Å². The Morgan fingerprint density at radius 2 is 1.79 bits per heavy atom. The van der Waals surface area contributed by atoms with Crippen molar-refractivity contribution in [3.05, 3.63) is 29.3 Å². The Labute approximate surface area is 117 Å². The molecule has 0 aromatic heterocycles. The number of nitrogens with two attached hydrogens (primary N) is 2. The van der Waals surface area contributed by atoms with Crippen molar-refractivity contribution in [2.45, 2.75) is 39.5 Å². The van der Waals surface area contributed by atoms with Gasteiger partial charge in [-0.25, -0.2) is 0 Å². The SMILES string of the molecule is CCOc1ccc(CC(CN)CN)cc1C(C)(C)C. The van der Waals surface area contributed by atoms with E-state index in [2.05, 4.69) is 39.0 Å². The van der Waals surface area contributed by atoms with Gasteiger partial charge < -0.3 is 16.2 Å². The molecule has 1 aromatic rings. The largest absolute Gasteiger partial charge is 0.494 e. The molecule has 0 fully saturated rings. The van der Waals surface area contributed by atoms with Crippen molar-refractivity contribution in [2.24, 2.45) is 17.4 Å². The molecule has 0 atom stereocenters. The van der Waals surface area contributed by atoms with Crippen LogP contribution in [-0.2, 0) is 11.8 Å². The second-order valence-electron chi connectivity index (χ2n) is 6.06. The van der Waals surface area contributed by atoms with Crippen LogP contribution in [0.4, 0.5) is 0 Å². The van der Waals surface area contributed by atoms with E-state index in [4.69, 9.17) is 16.2 Å². The molecule has 0 spiro atoms. The standard InChI is InChI=1S/C16H28N2O/c1-5-19-15-7-6-12(8-13(10-17)11-18)9-14(15)16(2,3)4/h6-7,9,13H,5,8,10-11,17-18H2,1-4H3. The van der Waals surface area contributed by atoms with E-state index in [0.717, 1.165) is 12.2 Å². The average molecular weight is 264 g/mol. The molecule has 1 aromatic carbocycles. The second kappa shape index (κ2) is 6.92. The van der Waals surface area contributed by atoms with Gasteiger partial charge in [0.1, 0.15) is 5.75 Å². The molecular weight excluding hydrogens is 236 g/mol. The molecule has 0 saturated carbocycles. The van der Waals surface area contributed by atoms with Crippen LogP contribution >= 0.6 is 0 Å². The molecule has 0 aliphatic heterocycles. The average Bonchev–Trinajstić information content (AvgIpc) is 2.36. The summed E-state index contributed by atoms with van der Waals surface area (Å²) in [5.74, 6) is 1.33. The summed E-state index contributed by atoms with van der Waals surface area (Å²) in [4.78, 5) is 0. The summed E-state index contributed by atoms with van der Waals surface area (Å²) >= 11 is 0. The predicted molar refractivity (Wildman–Crippen MR) is 81.6 cm³/mol. The maximum Gasteiger partial charge on any atom is 0.123 e. The van der Waals surface area contributed by atoms with Crippen molar-refractivity contribution in [3.8, 4) is 5.75 Å². The van der Waals surface area contributed by atoms with E-state index in [-0.39, 0.29) is 5.41 Å². The fourth-order valence-corrected chi connectivity index (χ4v) is 2.17. The van der Waals surface area contributed by atoms with E-state index >= 15 is 0 Å². The second-order valence-corrected chi connectivity index (χ2v) is 6.06. The lowest BCUT2D eigenvalue weighted by molar-refractivity contribution is 0.329. The summed E-state index contributed by atoms with van der Waals surface area (Å²) < 4.78 is 5.73. The molecule has 0 radical (unpaired) electrons. The van der Waals surface area contributed by atoms with Gasteiger partial charge in [0.15, 0.2) is 0 Å². The quantitative estimate of drug-likeness (QED) is 0.829. The van der Waals surface area contributed by atoms with Crippen LogP contribution in [-0.4, -0.2) is 19.7 Å². The van der Waals surface area contributed by atoms with E-state index in [0.29, 0.717) is 25.6 Å². The molecule has 0 amide bonds. The van der Waals surface area contributed by atoms with Crippen LogP contribution < -0.4 is 16.2 Å². The van der Waals surface area contributed by atoms with Gasteiger partial charge in [0.05, 0.1) is 6.61 Å². The molecule has 1 rings (SSSR count). The third-order valence-corrected chi connectivity index (χ3v) is 3.34. The number of ether oxygens (including phenoxy) is 1. The maximum absolute atomic E-state index is 5.73. The summed E-state index contributed by atoms with van der Waals surface area (Å²) in [6.07, 6.45) is 0.933. The zero-order valence-corrected chi connectivity index (χ0v) is 12.7. The Morgan fingerprint density at radius 3 is 2.26 bits per heavy atom. The molecule has 0 bridgehead atoms.